The van der Waals surface area contributed by atoms with E-state index in [2.05, 4.69) is 39.3 Å². The van der Waals surface area contributed by atoms with E-state index in [1.807, 2.05) is 30.0 Å². The topological polar surface area (TPSA) is 80.9 Å². The number of aromatic nitrogens is 2. The Balaban J connectivity index is 1.23. The molecule has 1 spiro atoms. The van der Waals surface area contributed by atoms with Gasteiger partial charge in [0.25, 0.3) is 5.91 Å². The summed E-state index contributed by atoms with van der Waals surface area (Å²) in [6.45, 7) is 5.76. The maximum Gasteiger partial charge on any atom is 0.260 e. The van der Waals surface area contributed by atoms with Crippen LogP contribution in [-0.2, 0) is 11.3 Å². The van der Waals surface area contributed by atoms with Crippen molar-refractivity contribution in [3.05, 3.63) is 71.9 Å². The lowest BCUT2D eigenvalue weighted by Crippen LogP contribution is -2.62. The lowest BCUT2D eigenvalue weighted by Gasteiger charge is -2.50. The lowest BCUT2D eigenvalue weighted by molar-refractivity contribution is -0.146. The summed E-state index contributed by atoms with van der Waals surface area (Å²) in [7, 11) is 1.62. The first kappa shape index (κ1) is 21.5. The predicted molar refractivity (Wildman–Crippen MR) is 121 cm³/mol. The van der Waals surface area contributed by atoms with Gasteiger partial charge in [0, 0.05) is 38.1 Å². The number of hydrogen-bond acceptors (Lipinski definition) is 7. The quantitative estimate of drug-likeness (QED) is 0.550. The predicted octanol–water partition coefficient (Wildman–Crippen LogP) is 2.89. The van der Waals surface area contributed by atoms with Crippen molar-refractivity contribution in [3.63, 3.8) is 0 Å². The Bertz CT molecular complexity index is 1090. The number of carbonyl (C=O) groups excluding carboxylic acids is 1. The largest absolute Gasteiger partial charge is 0.497 e. The van der Waals surface area contributed by atoms with Gasteiger partial charge < -0.3 is 18.9 Å². The van der Waals surface area contributed by atoms with Crippen LogP contribution in [0, 0.1) is 12.3 Å². The van der Waals surface area contributed by atoms with Gasteiger partial charge in [-0.3, -0.25) is 9.69 Å². The van der Waals surface area contributed by atoms with Crippen LogP contribution in [0.25, 0.3) is 0 Å². The molecule has 5 rings (SSSR count). The fourth-order valence-electron chi connectivity index (χ4n) is 4.95. The molecule has 2 saturated heterocycles. The van der Waals surface area contributed by atoms with E-state index in [1.165, 1.54) is 5.56 Å². The minimum Gasteiger partial charge on any atom is -0.497 e. The van der Waals surface area contributed by atoms with E-state index >= 15 is 0 Å². The molecule has 33 heavy (non-hydrogen) atoms. The van der Waals surface area contributed by atoms with Crippen LogP contribution in [0.3, 0.4) is 0 Å². The molecule has 1 aromatic heterocycles. The molecule has 2 fully saturated rings. The number of aryl methyl sites for hydroxylation is 1. The van der Waals surface area contributed by atoms with Gasteiger partial charge in [-0.2, -0.15) is 4.98 Å². The molecule has 2 aromatic carbocycles. The minimum atomic E-state index is -0.0798. The Morgan fingerprint density at radius 2 is 1.82 bits per heavy atom. The number of methoxy groups -OCH3 is 1. The maximum absolute atomic E-state index is 12.8. The smallest absolute Gasteiger partial charge is 0.260 e. The third-order valence-electron chi connectivity index (χ3n) is 6.59. The summed E-state index contributed by atoms with van der Waals surface area (Å²) >= 11 is 0. The number of likely N-dealkylation sites (tertiary alicyclic amines) is 2. The molecule has 1 atom stereocenters. The van der Waals surface area contributed by atoms with Crippen molar-refractivity contribution in [2.24, 2.45) is 5.41 Å². The zero-order valence-electron chi connectivity index (χ0n) is 18.9. The first-order chi connectivity index (χ1) is 16.0. The maximum atomic E-state index is 12.8. The second-order valence-corrected chi connectivity index (χ2v) is 8.96. The molecule has 172 valence electrons. The third kappa shape index (κ3) is 4.43. The van der Waals surface area contributed by atoms with E-state index in [0.717, 1.165) is 25.4 Å². The molecule has 3 heterocycles. The molecule has 0 N–H and O–H groups in total. The van der Waals surface area contributed by atoms with Crippen molar-refractivity contribution in [2.75, 3.05) is 39.9 Å². The summed E-state index contributed by atoms with van der Waals surface area (Å²) in [5, 5.41) is 4.01. The second kappa shape index (κ2) is 8.86. The van der Waals surface area contributed by atoms with Gasteiger partial charge in [-0.05, 0) is 36.8 Å². The number of nitrogens with zero attached hydrogens (tertiary/aromatic N) is 4. The van der Waals surface area contributed by atoms with Crippen LogP contribution in [0.1, 0.15) is 23.2 Å². The highest BCUT2D eigenvalue weighted by Gasteiger charge is 2.57. The van der Waals surface area contributed by atoms with Gasteiger partial charge in [0.15, 0.2) is 12.4 Å². The Morgan fingerprint density at radius 1 is 1.09 bits per heavy atom. The van der Waals surface area contributed by atoms with Gasteiger partial charge in [-0.1, -0.05) is 35.5 Å². The zero-order valence-corrected chi connectivity index (χ0v) is 18.9. The third-order valence-corrected chi connectivity index (χ3v) is 6.59. The Morgan fingerprint density at radius 3 is 2.48 bits per heavy atom. The molecule has 1 unspecified atom stereocenters. The summed E-state index contributed by atoms with van der Waals surface area (Å²) in [5.74, 6) is 2.80. The second-order valence-electron chi connectivity index (χ2n) is 8.96. The fraction of sp³-hybridized carbons (Fsp3) is 0.400. The summed E-state index contributed by atoms with van der Waals surface area (Å²) in [5.41, 5.74) is 1.19. The van der Waals surface area contributed by atoms with Crippen molar-refractivity contribution in [1.29, 1.82) is 0 Å². The fourth-order valence-corrected chi connectivity index (χ4v) is 4.95. The van der Waals surface area contributed by atoms with Crippen molar-refractivity contribution in [1.82, 2.24) is 19.9 Å². The van der Waals surface area contributed by atoms with Crippen molar-refractivity contribution in [3.8, 4) is 11.5 Å². The Labute approximate surface area is 193 Å². The van der Waals surface area contributed by atoms with E-state index in [4.69, 9.17) is 14.0 Å². The van der Waals surface area contributed by atoms with Gasteiger partial charge in [0.05, 0.1) is 13.0 Å². The number of hydrogen-bond donors (Lipinski definition) is 0. The van der Waals surface area contributed by atoms with Gasteiger partial charge in [-0.15, -0.1) is 0 Å². The molecule has 0 radical (unpaired) electrons. The summed E-state index contributed by atoms with van der Waals surface area (Å²) in [6.07, 6.45) is 0. The minimum absolute atomic E-state index is 0.0144. The average Bonchev–Trinajstić information content (AvgIpc) is 3.41. The number of amides is 1. The zero-order chi connectivity index (χ0) is 22.8. The van der Waals surface area contributed by atoms with E-state index in [9.17, 15) is 4.79 Å². The van der Waals surface area contributed by atoms with Crippen LogP contribution in [0.15, 0.2) is 59.1 Å². The number of carbonyl (C=O) groups is 1. The van der Waals surface area contributed by atoms with Crippen LogP contribution in [0.2, 0.25) is 0 Å². The SMILES string of the molecule is COc1ccc(OCC(=O)N2CC3(CN(Cc4ccccc4)CC3c3nc(C)no3)C2)cc1. The standard InChI is InChI=1S/C25H28N4O4/c1-18-26-24(33-27-18)22-13-28(12-19-6-4-3-5-7-19)15-25(22)16-29(17-25)23(30)14-32-21-10-8-20(31-2)9-11-21/h3-11,22H,12-17H2,1-2H3. The molecule has 8 heteroatoms. The summed E-state index contributed by atoms with van der Waals surface area (Å²) in [4.78, 5) is 21.6. The Kier molecular flexibility index (Phi) is 5.76. The molecule has 1 amide bonds. The highest BCUT2D eigenvalue weighted by molar-refractivity contribution is 5.79. The molecule has 0 bridgehead atoms. The van der Waals surface area contributed by atoms with Gasteiger partial charge in [-0.25, -0.2) is 0 Å². The molecule has 8 nitrogen and oxygen atoms in total. The first-order valence-corrected chi connectivity index (χ1v) is 11.2. The number of ether oxygens (including phenoxy) is 2. The van der Waals surface area contributed by atoms with Crippen molar-refractivity contribution >= 4 is 5.91 Å². The number of rotatable bonds is 7. The summed E-state index contributed by atoms with van der Waals surface area (Å²) < 4.78 is 16.4. The first-order valence-electron chi connectivity index (χ1n) is 11.2. The van der Waals surface area contributed by atoms with Crippen molar-refractivity contribution < 1.29 is 18.8 Å². The lowest BCUT2D eigenvalue weighted by atomic mass is 9.71. The van der Waals surface area contributed by atoms with Gasteiger partial charge in [0.1, 0.15) is 11.5 Å². The van der Waals surface area contributed by atoms with Crippen LogP contribution in [0.5, 0.6) is 11.5 Å². The van der Waals surface area contributed by atoms with Gasteiger partial charge in [0.2, 0.25) is 5.89 Å². The van der Waals surface area contributed by atoms with Crippen LogP contribution >= 0.6 is 0 Å². The van der Waals surface area contributed by atoms with E-state index < -0.39 is 0 Å². The highest BCUT2D eigenvalue weighted by Crippen LogP contribution is 2.49. The molecule has 2 aliphatic rings. The van der Waals surface area contributed by atoms with E-state index in [1.54, 1.807) is 19.2 Å². The molecular formula is C25H28N4O4. The van der Waals surface area contributed by atoms with Crippen molar-refractivity contribution in [2.45, 2.75) is 19.4 Å². The molecule has 3 aromatic rings. The molecule has 0 aliphatic carbocycles. The van der Waals surface area contributed by atoms with Crippen LogP contribution in [-0.4, -0.2) is 65.7 Å². The molecular weight excluding hydrogens is 420 g/mol. The molecule has 0 saturated carbocycles. The Hall–Kier alpha value is -3.39. The summed E-state index contributed by atoms with van der Waals surface area (Å²) in [6, 6.07) is 17.7. The van der Waals surface area contributed by atoms with Crippen LogP contribution in [0.4, 0.5) is 0 Å². The monoisotopic (exact) mass is 448 g/mol. The van der Waals surface area contributed by atoms with E-state index in [0.29, 0.717) is 30.6 Å². The molecule has 2 aliphatic heterocycles. The number of benzene rings is 2. The highest BCUT2D eigenvalue weighted by atomic mass is 16.5. The van der Waals surface area contributed by atoms with Gasteiger partial charge >= 0.3 is 0 Å². The van der Waals surface area contributed by atoms with Crippen LogP contribution < -0.4 is 9.47 Å². The average molecular weight is 449 g/mol. The van der Waals surface area contributed by atoms with E-state index in [-0.39, 0.29) is 23.8 Å². The normalized spacial score (nSPS) is 19.5.